The van der Waals surface area contributed by atoms with Crippen molar-refractivity contribution in [1.29, 1.82) is 0 Å². The molecule has 2 aromatic carbocycles. The van der Waals surface area contributed by atoms with Crippen LogP contribution in [-0.2, 0) is 0 Å². The number of aromatic nitrogens is 3. The van der Waals surface area contributed by atoms with E-state index in [1.165, 1.54) is 9.60 Å². The van der Waals surface area contributed by atoms with Crippen molar-refractivity contribution in [3.63, 3.8) is 0 Å². The summed E-state index contributed by atoms with van der Waals surface area (Å²) >= 11 is 3.47. The fourth-order valence-electron chi connectivity index (χ4n) is 3.53. The van der Waals surface area contributed by atoms with Crippen molar-refractivity contribution < 1.29 is 4.79 Å². The number of rotatable bonds is 3. The number of carbonyl (C=O) groups excluding carboxylic acids is 1. The van der Waals surface area contributed by atoms with Crippen molar-refractivity contribution in [3.8, 4) is 0 Å². The van der Waals surface area contributed by atoms with Crippen LogP contribution in [0.3, 0.4) is 0 Å². The van der Waals surface area contributed by atoms with Gasteiger partial charge < -0.3 is 9.80 Å². The van der Waals surface area contributed by atoms with Gasteiger partial charge in [-0.05, 0) is 42.7 Å². The maximum atomic E-state index is 12.9. The summed E-state index contributed by atoms with van der Waals surface area (Å²) in [6.45, 7) is 2.94. The second-order valence-corrected chi connectivity index (χ2v) is 8.76. The zero-order valence-electron chi connectivity index (χ0n) is 15.9. The van der Waals surface area contributed by atoms with Crippen LogP contribution in [0.2, 0.25) is 0 Å². The van der Waals surface area contributed by atoms with E-state index in [4.69, 9.17) is 4.98 Å². The van der Waals surface area contributed by atoms with E-state index in [-0.39, 0.29) is 5.91 Å². The maximum absolute atomic E-state index is 12.9. The molecule has 0 spiro atoms. The van der Waals surface area contributed by atoms with Crippen molar-refractivity contribution >= 4 is 55.4 Å². The smallest absolute Gasteiger partial charge is 0.254 e. The molecule has 0 N–H and O–H groups in total. The van der Waals surface area contributed by atoms with Gasteiger partial charge in [0.1, 0.15) is 0 Å². The average molecular weight is 422 g/mol. The Morgan fingerprint density at radius 2 is 1.72 bits per heavy atom. The van der Waals surface area contributed by atoms with E-state index in [1.54, 1.807) is 35.5 Å². The number of hydrogen-bond donors (Lipinski definition) is 0. The average Bonchev–Trinajstić information content (AvgIpc) is 3.21. The SMILES string of the molecule is CSc1ccc2nc(N3CCN(C(=O)c4ccc5nccnc5c4)CC3)sc2c1. The zero-order chi connectivity index (χ0) is 19.8. The third kappa shape index (κ3) is 3.54. The van der Waals surface area contributed by atoms with Gasteiger partial charge in [-0.25, -0.2) is 4.98 Å². The molecule has 0 radical (unpaired) electrons. The monoisotopic (exact) mass is 421 g/mol. The summed E-state index contributed by atoms with van der Waals surface area (Å²) in [5.41, 5.74) is 3.25. The first-order chi connectivity index (χ1) is 14.2. The molecule has 1 aliphatic heterocycles. The summed E-state index contributed by atoms with van der Waals surface area (Å²) in [6, 6.07) is 11.9. The van der Waals surface area contributed by atoms with Crippen molar-refractivity contribution in [2.75, 3.05) is 37.3 Å². The first kappa shape index (κ1) is 18.3. The lowest BCUT2D eigenvalue weighted by Crippen LogP contribution is -2.48. The summed E-state index contributed by atoms with van der Waals surface area (Å²) in [4.78, 5) is 31.7. The molecule has 1 amide bonds. The van der Waals surface area contributed by atoms with Crippen molar-refractivity contribution in [2.24, 2.45) is 0 Å². The van der Waals surface area contributed by atoms with Gasteiger partial charge in [0.15, 0.2) is 5.13 Å². The summed E-state index contributed by atoms with van der Waals surface area (Å²) in [5.74, 6) is 0.0473. The predicted octanol–water partition coefficient (Wildman–Crippen LogP) is 3.92. The highest BCUT2D eigenvalue weighted by molar-refractivity contribution is 7.98. The zero-order valence-corrected chi connectivity index (χ0v) is 17.5. The van der Waals surface area contributed by atoms with Gasteiger partial charge in [-0.3, -0.25) is 14.8 Å². The molecule has 5 rings (SSSR count). The number of hydrogen-bond acceptors (Lipinski definition) is 7. The molecule has 1 aliphatic rings. The Labute approximate surface area is 176 Å². The molecule has 4 aromatic rings. The molecular weight excluding hydrogens is 402 g/mol. The molecule has 1 saturated heterocycles. The van der Waals surface area contributed by atoms with Crippen LogP contribution in [0.1, 0.15) is 10.4 Å². The summed E-state index contributed by atoms with van der Waals surface area (Å²) in [5, 5.41) is 1.03. The fourth-order valence-corrected chi connectivity index (χ4v) is 5.11. The highest BCUT2D eigenvalue weighted by Crippen LogP contribution is 2.32. The Balaban J connectivity index is 1.30. The molecular formula is C21H19N5OS2. The van der Waals surface area contributed by atoms with Gasteiger partial charge in [0, 0.05) is 49.0 Å². The lowest BCUT2D eigenvalue weighted by Gasteiger charge is -2.34. The molecule has 8 heteroatoms. The van der Waals surface area contributed by atoms with Crippen LogP contribution in [0.5, 0.6) is 0 Å². The number of anilines is 1. The van der Waals surface area contributed by atoms with Crippen LogP contribution in [0.4, 0.5) is 5.13 Å². The van der Waals surface area contributed by atoms with Gasteiger partial charge in [0.25, 0.3) is 5.91 Å². The molecule has 29 heavy (non-hydrogen) atoms. The molecule has 146 valence electrons. The van der Waals surface area contributed by atoms with Gasteiger partial charge in [0.05, 0.1) is 21.3 Å². The quantitative estimate of drug-likeness (QED) is 0.467. The van der Waals surface area contributed by atoms with Crippen molar-refractivity contribution in [3.05, 3.63) is 54.4 Å². The minimum Gasteiger partial charge on any atom is -0.345 e. The Morgan fingerprint density at radius 3 is 2.52 bits per heavy atom. The van der Waals surface area contributed by atoms with Gasteiger partial charge in [-0.15, -0.1) is 11.8 Å². The van der Waals surface area contributed by atoms with Crippen molar-refractivity contribution in [1.82, 2.24) is 19.9 Å². The summed E-state index contributed by atoms with van der Waals surface area (Å²) in [7, 11) is 0. The van der Waals surface area contributed by atoms with Crippen LogP contribution in [0, 0.1) is 0 Å². The number of benzene rings is 2. The number of amides is 1. The molecule has 0 unspecified atom stereocenters. The molecule has 0 atom stereocenters. The van der Waals surface area contributed by atoms with E-state index in [1.807, 2.05) is 23.1 Å². The number of thiazole rings is 1. The Bertz CT molecular complexity index is 1200. The van der Waals surface area contributed by atoms with Crippen LogP contribution in [0.25, 0.3) is 21.3 Å². The fraction of sp³-hybridized carbons (Fsp3) is 0.238. The summed E-state index contributed by atoms with van der Waals surface area (Å²) < 4.78 is 1.21. The summed E-state index contributed by atoms with van der Waals surface area (Å²) in [6.07, 6.45) is 5.39. The Hall–Kier alpha value is -2.71. The number of nitrogens with zero attached hydrogens (tertiary/aromatic N) is 5. The van der Waals surface area contributed by atoms with Crippen molar-refractivity contribution in [2.45, 2.75) is 4.90 Å². The minimum atomic E-state index is 0.0473. The second-order valence-electron chi connectivity index (χ2n) is 6.87. The molecule has 2 aromatic heterocycles. The number of fused-ring (bicyclic) bond motifs is 2. The maximum Gasteiger partial charge on any atom is 0.254 e. The molecule has 0 saturated carbocycles. The highest BCUT2D eigenvalue weighted by Gasteiger charge is 2.24. The van der Waals surface area contributed by atoms with Gasteiger partial charge in [-0.1, -0.05) is 11.3 Å². The minimum absolute atomic E-state index is 0.0473. The first-order valence-electron chi connectivity index (χ1n) is 9.41. The topological polar surface area (TPSA) is 62.2 Å². The van der Waals surface area contributed by atoms with Crippen LogP contribution in [-0.4, -0.2) is 58.2 Å². The van der Waals surface area contributed by atoms with Crippen LogP contribution >= 0.6 is 23.1 Å². The third-order valence-corrected chi connectivity index (χ3v) is 6.94. The van der Waals surface area contributed by atoms with Crippen LogP contribution < -0.4 is 4.90 Å². The van der Waals surface area contributed by atoms with E-state index in [0.717, 1.165) is 34.8 Å². The lowest BCUT2D eigenvalue weighted by atomic mass is 10.1. The highest BCUT2D eigenvalue weighted by atomic mass is 32.2. The largest absolute Gasteiger partial charge is 0.345 e. The lowest BCUT2D eigenvalue weighted by molar-refractivity contribution is 0.0747. The molecule has 1 fully saturated rings. The predicted molar refractivity (Wildman–Crippen MR) is 119 cm³/mol. The molecule has 3 heterocycles. The van der Waals surface area contributed by atoms with E-state index in [0.29, 0.717) is 18.7 Å². The molecule has 6 nitrogen and oxygen atoms in total. The van der Waals surface area contributed by atoms with Crippen LogP contribution in [0.15, 0.2) is 53.7 Å². The van der Waals surface area contributed by atoms with E-state index in [2.05, 4.69) is 39.3 Å². The van der Waals surface area contributed by atoms with E-state index >= 15 is 0 Å². The Morgan fingerprint density at radius 1 is 0.966 bits per heavy atom. The van der Waals surface area contributed by atoms with E-state index < -0.39 is 0 Å². The second kappa shape index (κ2) is 7.61. The normalized spacial score (nSPS) is 14.7. The first-order valence-corrected chi connectivity index (χ1v) is 11.4. The molecule has 0 aliphatic carbocycles. The number of carbonyl (C=O) groups is 1. The third-order valence-electron chi connectivity index (χ3n) is 5.14. The van der Waals surface area contributed by atoms with E-state index in [9.17, 15) is 4.79 Å². The Kier molecular flexibility index (Phi) is 4.81. The van der Waals surface area contributed by atoms with Gasteiger partial charge >= 0.3 is 0 Å². The van der Waals surface area contributed by atoms with Gasteiger partial charge in [-0.2, -0.15) is 0 Å². The molecule has 0 bridgehead atoms. The van der Waals surface area contributed by atoms with Gasteiger partial charge in [0.2, 0.25) is 0 Å². The number of thioether (sulfide) groups is 1. The number of piperazine rings is 1. The standard InChI is InChI=1S/C21H19N5OS2/c1-28-15-3-5-17-19(13-15)29-21(24-17)26-10-8-25(9-11-26)20(27)14-2-4-16-18(12-14)23-7-6-22-16/h2-7,12-13H,8-11H2,1H3.